The summed E-state index contributed by atoms with van der Waals surface area (Å²) in [5.41, 5.74) is 3.27. The second-order valence-electron chi connectivity index (χ2n) is 4.39. The monoisotopic (exact) mass is 256 g/mol. The second kappa shape index (κ2) is 6.11. The number of aliphatic hydroxyl groups excluding tert-OH is 1. The number of pyridine rings is 1. The zero-order valence-electron chi connectivity index (χ0n) is 10.8. The number of hydrogen-bond donors (Lipinski definition) is 2. The number of carbonyl (C=O) groups is 1. The van der Waals surface area contributed by atoms with E-state index >= 15 is 0 Å². The lowest BCUT2D eigenvalue weighted by Crippen LogP contribution is -2.14. The minimum Gasteiger partial charge on any atom is -0.392 e. The topological polar surface area (TPSA) is 62.2 Å². The highest BCUT2D eigenvalue weighted by Crippen LogP contribution is 2.11. The van der Waals surface area contributed by atoms with Gasteiger partial charge < -0.3 is 10.4 Å². The summed E-state index contributed by atoms with van der Waals surface area (Å²) in [5, 5.41) is 11.8. The third-order valence-electron chi connectivity index (χ3n) is 2.73. The molecule has 0 fully saturated rings. The third-order valence-corrected chi connectivity index (χ3v) is 2.73. The zero-order valence-corrected chi connectivity index (χ0v) is 10.8. The largest absolute Gasteiger partial charge is 0.392 e. The number of aromatic nitrogens is 1. The lowest BCUT2D eigenvalue weighted by molar-refractivity contribution is -0.115. The maximum absolute atomic E-state index is 11.9. The predicted molar refractivity (Wildman–Crippen MR) is 73.7 cm³/mol. The van der Waals surface area contributed by atoms with E-state index in [-0.39, 0.29) is 18.9 Å². The van der Waals surface area contributed by atoms with Gasteiger partial charge in [-0.3, -0.25) is 9.78 Å². The number of nitrogens with zero attached hydrogens (tertiary/aromatic N) is 1. The molecule has 4 nitrogen and oxygen atoms in total. The number of rotatable bonds is 4. The van der Waals surface area contributed by atoms with Gasteiger partial charge in [0, 0.05) is 17.6 Å². The molecule has 0 saturated heterocycles. The quantitative estimate of drug-likeness (QED) is 0.880. The van der Waals surface area contributed by atoms with E-state index < -0.39 is 0 Å². The molecule has 0 bridgehead atoms. The van der Waals surface area contributed by atoms with E-state index in [2.05, 4.69) is 10.3 Å². The van der Waals surface area contributed by atoms with Gasteiger partial charge in [-0.25, -0.2) is 0 Å². The van der Waals surface area contributed by atoms with Crippen LogP contribution >= 0.6 is 0 Å². The van der Waals surface area contributed by atoms with Crippen LogP contribution in [0.25, 0.3) is 0 Å². The molecule has 1 heterocycles. The molecule has 2 rings (SSSR count). The first kappa shape index (κ1) is 13.2. The van der Waals surface area contributed by atoms with E-state index in [1.54, 1.807) is 30.5 Å². The van der Waals surface area contributed by atoms with E-state index in [4.69, 9.17) is 5.11 Å². The molecule has 0 aliphatic heterocycles. The Hall–Kier alpha value is -2.20. The molecule has 1 amide bonds. The molecule has 0 unspecified atom stereocenters. The highest BCUT2D eigenvalue weighted by molar-refractivity contribution is 5.92. The Morgan fingerprint density at radius 1 is 1.26 bits per heavy atom. The summed E-state index contributed by atoms with van der Waals surface area (Å²) >= 11 is 0. The number of hydrogen-bond acceptors (Lipinski definition) is 3. The van der Waals surface area contributed by atoms with Crippen LogP contribution in [0.15, 0.2) is 42.6 Å². The molecule has 1 aromatic carbocycles. The maximum atomic E-state index is 11.9. The standard InChI is InChI=1S/C15H16N2O2/c1-11-5-6-12(9-16-11)8-15(19)17-14-4-2-3-13(7-14)10-18/h2-7,9,18H,8,10H2,1H3,(H,17,19). The van der Waals surface area contributed by atoms with E-state index in [0.717, 1.165) is 16.8 Å². The molecular formula is C15H16N2O2. The minimum absolute atomic E-state index is 0.0361. The summed E-state index contributed by atoms with van der Waals surface area (Å²) in [6.45, 7) is 1.87. The molecule has 2 aromatic rings. The van der Waals surface area contributed by atoms with Crippen molar-refractivity contribution in [1.29, 1.82) is 0 Å². The van der Waals surface area contributed by atoms with Gasteiger partial charge in [0.1, 0.15) is 0 Å². The Morgan fingerprint density at radius 2 is 2.11 bits per heavy atom. The lowest BCUT2D eigenvalue weighted by atomic mass is 10.1. The summed E-state index contributed by atoms with van der Waals surface area (Å²) in [7, 11) is 0. The molecule has 0 saturated carbocycles. The number of aryl methyl sites for hydroxylation is 1. The van der Waals surface area contributed by atoms with Crippen LogP contribution in [0.1, 0.15) is 16.8 Å². The van der Waals surface area contributed by atoms with Crippen LogP contribution in [-0.4, -0.2) is 16.0 Å². The first-order valence-corrected chi connectivity index (χ1v) is 6.08. The molecule has 98 valence electrons. The minimum atomic E-state index is -0.0965. The van der Waals surface area contributed by atoms with Crippen molar-refractivity contribution in [2.45, 2.75) is 20.0 Å². The van der Waals surface area contributed by atoms with E-state index in [0.29, 0.717) is 5.69 Å². The number of carbonyl (C=O) groups excluding carboxylic acids is 1. The van der Waals surface area contributed by atoms with Gasteiger partial charge in [0.2, 0.25) is 5.91 Å². The van der Waals surface area contributed by atoms with Crippen LogP contribution in [-0.2, 0) is 17.8 Å². The molecule has 2 N–H and O–H groups in total. The van der Waals surface area contributed by atoms with Crippen molar-refractivity contribution in [3.05, 3.63) is 59.4 Å². The Bertz CT molecular complexity index is 565. The van der Waals surface area contributed by atoms with Gasteiger partial charge in [0.15, 0.2) is 0 Å². The Kier molecular flexibility index (Phi) is 4.26. The van der Waals surface area contributed by atoms with Crippen LogP contribution in [0.4, 0.5) is 5.69 Å². The average molecular weight is 256 g/mol. The fourth-order valence-electron chi connectivity index (χ4n) is 1.74. The summed E-state index contributed by atoms with van der Waals surface area (Å²) < 4.78 is 0. The number of benzene rings is 1. The fourth-order valence-corrected chi connectivity index (χ4v) is 1.74. The zero-order chi connectivity index (χ0) is 13.7. The highest BCUT2D eigenvalue weighted by atomic mass is 16.3. The molecule has 0 spiro atoms. The SMILES string of the molecule is Cc1ccc(CC(=O)Nc2cccc(CO)c2)cn1. The first-order valence-electron chi connectivity index (χ1n) is 6.08. The van der Waals surface area contributed by atoms with Crippen LogP contribution in [0.2, 0.25) is 0 Å². The molecule has 0 aliphatic carbocycles. The number of anilines is 1. The van der Waals surface area contributed by atoms with E-state index in [1.807, 2.05) is 19.1 Å². The van der Waals surface area contributed by atoms with Crippen molar-refractivity contribution in [3.63, 3.8) is 0 Å². The average Bonchev–Trinajstić information content (AvgIpc) is 2.41. The van der Waals surface area contributed by atoms with Crippen LogP contribution in [0, 0.1) is 6.92 Å². The van der Waals surface area contributed by atoms with Crippen LogP contribution in [0.3, 0.4) is 0 Å². The lowest BCUT2D eigenvalue weighted by Gasteiger charge is -2.06. The molecule has 0 radical (unpaired) electrons. The van der Waals surface area contributed by atoms with Crippen LogP contribution < -0.4 is 5.32 Å². The Balaban J connectivity index is 1.99. The van der Waals surface area contributed by atoms with Crippen molar-refractivity contribution in [2.24, 2.45) is 0 Å². The number of nitrogens with one attached hydrogen (secondary N) is 1. The van der Waals surface area contributed by atoms with Gasteiger partial charge in [0.05, 0.1) is 13.0 Å². The van der Waals surface area contributed by atoms with Crippen molar-refractivity contribution in [3.8, 4) is 0 Å². The first-order chi connectivity index (χ1) is 9.17. The molecule has 19 heavy (non-hydrogen) atoms. The molecular weight excluding hydrogens is 240 g/mol. The van der Waals surface area contributed by atoms with Crippen molar-refractivity contribution in [1.82, 2.24) is 4.98 Å². The van der Waals surface area contributed by atoms with Gasteiger partial charge in [-0.15, -0.1) is 0 Å². The van der Waals surface area contributed by atoms with E-state index in [1.165, 1.54) is 0 Å². The van der Waals surface area contributed by atoms with Gasteiger partial charge in [0.25, 0.3) is 0 Å². The smallest absolute Gasteiger partial charge is 0.228 e. The van der Waals surface area contributed by atoms with Crippen LogP contribution in [0.5, 0.6) is 0 Å². The van der Waals surface area contributed by atoms with Crippen molar-refractivity contribution < 1.29 is 9.90 Å². The Morgan fingerprint density at radius 3 is 2.79 bits per heavy atom. The van der Waals surface area contributed by atoms with Crippen molar-refractivity contribution >= 4 is 11.6 Å². The maximum Gasteiger partial charge on any atom is 0.228 e. The predicted octanol–water partition coefficient (Wildman–Crippen LogP) is 2.06. The molecule has 1 aromatic heterocycles. The molecule has 0 aliphatic rings. The summed E-state index contributed by atoms with van der Waals surface area (Å²) in [4.78, 5) is 16.0. The number of amides is 1. The highest BCUT2D eigenvalue weighted by Gasteiger charge is 2.04. The molecule has 4 heteroatoms. The summed E-state index contributed by atoms with van der Waals surface area (Å²) in [5.74, 6) is -0.0965. The Labute approximate surface area is 112 Å². The normalized spacial score (nSPS) is 10.2. The second-order valence-corrected chi connectivity index (χ2v) is 4.39. The van der Waals surface area contributed by atoms with Gasteiger partial charge in [-0.2, -0.15) is 0 Å². The third kappa shape index (κ3) is 3.89. The van der Waals surface area contributed by atoms with E-state index in [9.17, 15) is 4.79 Å². The van der Waals surface area contributed by atoms with Gasteiger partial charge in [-0.05, 0) is 36.2 Å². The summed E-state index contributed by atoms with van der Waals surface area (Å²) in [6, 6.07) is 10.9. The number of aliphatic hydroxyl groups is 1. The van der Waals surface area contributed by atoms with Crippen molar-refractivity contribution in [2.75, 3.05) is 5.32 Å². The van der Waals surface area contributed by atoms with Gasteiger partial charge in [-0.1, -0.05) is 18.2 Å². The molecule has 0 atom stereocenters. The fraction of sp³-hybridized carbons (Fsp3) is 0.200. The van der Waals surface area contributed by atoms with Gasteiger partial charge >= 0.3 is 0 Å². The summed E-state index contributed by atoms with van der Waals surface area (Å²) in [6.07, 6.45) is 2.00.